The smallest absolute Gasteiger partial charge is 0.0585 e. The lowest BCUT2D eigenvalue weighted by Gasteiger charge is -2.20. The lowest BCUT2D eigenvalue weighted by atomic mass is 9.95. The molecule has 0 aliphatic heterocycles. The van der Waals surface area contributed by atoms with E-state index in [9.17, 15) is 0 Å². The van der Waals surface area contributed by atoms with E-state index in [0.29, 0.717) is 0 Å². The molecule has 0 heterocycles. The summed E-state index contributed by atoms with van der Waals surface area (Å²) < 4.78 is 1.14. The third kappa shape index (κ3) is 2.87. The van der Waals surface area contributed by atoms with Gasteiger partial charge >= 0.3 is 0 Å². The molecular formula is C19H18BrN. The lowest BCUT2D eigenvalue weighted by Crippen LogP contribution is -2.18. The molecule has 3 aromatic rings. The van der Waals surface area contributed by atoms with Crippen LogP contribution in [0.25, 0.3) is 10.8 Å². The molecule has 0 bridgehead atoms. The number of benzene rings is 3. The molecule has 0 fully saturated rings. The zero-order valence-corrected chi connectivity index (χ0v) is 13.8. The average Bonchev–Trinajstić information content (AvgIpc) is 2.51. The van der Waals surface area contributed by atoms with Crippen molar-refractivity contribution in [1.82, 2.24) is 5.32 Å². The van der Waals surface area contributed by atoms with Gasteiger partial charge in [-0.15, -0.1) is 0 Å². The van der Waals surface area contributed by atoms with Gasteiger partial charge < -0.3 is 5.32 Å². The standard InChI is InChI=1S/C19H18BrN/c1-13-7-10-18(20)17(11-13)19(21-2)16-9-8-14-5-3-4-6-15(14)12-16/h3-12,19,21H,1-2H3. The second-order valence-corrected chi connectivity index (χ2v) is 6.21. The van der Waals surface area contributed by atoms with Crippen LogP contribution in [0.5, 0.6) is 0 Å². The van der Waals surface area contributed by atoms with Crippen molar-refractivity contribution in [3.05, 3.63) is 81.8 Å². The first-order chi connectivity index (χ1) is 10.2. The minimum Gasteiger partial charge on any atom is -0.309 e. The van der Waals surface area contributed by atoms with Gasteiger partial charge in [-0.1, -0.05) is 70.0 Å². The van der Waals surface area contributed by atoms with Gasteiger partial charge in [0.25, 0.3) is 0 Å². The predicted octanol–water partition coefficient (Wildman–Crippen LogP) is 5.22. The molecular weight excluding hydrogens is 322 g/mol. The Hall–Kier alpha value is -1.64. The largest absolute Gasteiger partial charge is 0.309 e. The van der Waals surface area contributed by atoms with E-state index in [-0.39, 0.29) is 6.04 Å². The Morgan fingerprint density at radius 3 is 2.43 bits per heavy atom. The van der Waals surface area contributed by atoms with Crippen LogP contribution < -0.4 is 5.32 Å². The fourth-order valence-corrected chi connectivity index (χ4v) is 3.25. The van der Waals surface area contributed by atoms with Gasteiger partial charge in [0.1, 0.15) is 0 Å². The van der Waals surface area contributed by atoms with Gasteiger partial charge in [0, 0.05) is 4.47 Å². The van der Waals surface area contributed by atoms with Crippen molar-refractivity contribution in [1.29, 1.82) is 0 Å². The van der Waals surface area contributed by atoms with Gasteiger partial charge in [0.2, 0.25) is 0 Å². The fraction of sp³-hybridized carbons (Fsp3) is 0.158. The SMILES string of the molecule is CNC(c1ccc2ccccc2c1)c1cc(C)ccc1Br. The van der Waals surface area contributed by atoms with Crippen LogP contribution in [0.15, 0.2) is 65.1 Å². The van der Waals surface area contributed by atoms with Gasteiger partial charge in [0.05, 0.1) is 6.04 Å². The molecule has 0 amide bonds. The van der Waals surface area contributed by atoms with Crippen molar-refractivity contribution in [3.8, 4) is 0 Å². The Bertz CT molecular complexity index is 779. The number of rotatable bonds is 3. The van der Waals surface area contributed by atoms with Crippen molar-refractivity contribution in [2.45, 2.75) is 13.0 Å². The molecule has 3 aromatic carbocycles. The highest BCUT2D eigenvalue weighted by atomic mass is 79.9. The Morgan fingerprint density at radius 2 is 1.67 bits per heavy atom. The van der Waals surface area contributed by atoms with Crippen molar-refractivity contribution in [2.24, 2.45) is 0 Å². The van der Waals surface area contributed by atoms with Crippen molar-refractivity contribution in [2.75, 3.05) is 7.05 Å². The molecule has 3 rings (SSSR count). The van der Waals surface area contributed by atoms with Crippen LogP contribution in [-0.2, 0) is 0 Å². The Morgan fingerprint density at radius 1 is 0.905 bits per heavy atom. The molecule has 0 aromatic heterocycles. The Labute approximate surface area is 134 Å². The molecule has 21 heavy (non-hydrogen) atoms. The van der Waals surface area contributed by atoms with Crippen LogP contribution >= 0.6 is 15.9 Å². The summed E-state index contributed by atoms with van der Waals surface area (Å²) in [5.74, 6) is 0. The maximum absolute atomic E-state index is 3.68. The van der Waals surface area contributed by atoms with Crippen LogP contribution in [0, 0.1) is 6.92 Å². The number of fused-ring (bicyclic) bond motifs is 1. The van der Waals surface area contributed by atoms with Gasteiger partial charge in [-0.3, -0.25) is 0 Å². The van der Waals surface area contributed by atoms with Crippen LogP contribution in [-0.4, -0.2) is 7.05 Å². The number of hydrogen-bond acceptors (Lipinski definition) is 1. The normalized spacial score (nSPS) is 12.5. The highest BCUT2D eigenvalue weighted by Gasteiger charge is 2.15. The molecule has 0 aliphatic rings. The predicted molar refractivity (Wildman–Crippen MR) is 93.7 cm³/mol. The highest BCUT2D eigenvalue weighted by molar-refractivity contribution is 9.10. The first-order valence-corrected chi connectivity index (χ1v) is 7.90. The molecule has 0 spiro atoms. The molecule has 1 N–H and O–H groups in total. The lowest BCUT2D eigenvalue weighted by molar-refractivity contribution is 0.689. The van der Waals surface area contributed by atoms with Crippen LogP contribution in [0.2, 0.25) is 0 Å². The topological polar surface area (TPSA) is 12.0 Å². The van der Waals surface area contributed by atoms with E-state index in [2.05, 4.69) is 88.8 Å². The first-order valence-electron chi connectivity index (χ1n) is 7.11. The van der Waals surface area contributed by atoms with E-state index in [1.807, 2.05) is 7.05 Å². The second kappa shape index (κ2) is 6.00. The van der Waals surface area contributed by atoms with E-state index in [4.69, 9.17) is 0 Å². The summed E-state index contributed by atoms with van der Waals surface area (Å²) in [4.78, 5) is 0. The molecule has 106 valence electrons. The van der Waals surface area contributed by atoms with Gasteiger partial charge in [-0.2, -0.15) is 0 Å². The molecule has 0 saturated carbocycles. The summed E-state index contributed by atoms with van der Waals surface area (Å²) in [7, 11) is 2.01. The van der Waals surface area contributed by atoms with Gasteiger partial charge in [0.15, 0.2) is 0 Å². The summed E-state index contributed by atoms with van der Waals surface area (Å²) in [6, 6.07) is 21.8. The monoisotopic (exact) mass is 339 g/mol. The number of hydrogen-bond donors (Lipinski definition) is 1. The molecule has 1 atom stereocenters. The van der Waals surface area contributed by atoms with Crippen LogP contribution in [0.3, 0.4) is 0 Å². The van der Waals surface area contributed by atoms with E-state index in [0.717, 1.165) is 4.47 Å². The third-order valence-electron chi connectivity index (χ3n) is 3.86. The number of halogens is 1. The van der Waals surface area contributed by atoms with Crippen molar-refractivity contribution in [3.63, 3.8) is 0 Å². The molecule has 1 nitrogen and oxygen atoms in total. The molecule has 2 heteroatoms. The van der Waals surface area contributed by atoms with Crippen LogP contribution in [0.4, 0.5) is 0 Å². The molecule has 0 saturated heterocycles. The third-order valence-corrected chi connectivity index (χ3v) is 4.58. The van der Waals surface area contributed by atoms with Crippen LogP contribution in [0.1, 0.15) is 22.7 Å². The van der Waals surface area contributed by atoms with E-state index < -0.39 is 0 Å². The maximum atomic E-state index is 3.68. The molecule has 0 radical (unpaired) electrons. The second-order valence-electron chi connectivity index (χ2n) is 5.35. The van der Waals surface area contributed by atoms with Gasteiger partial charge in [-0.05, 0) is 48.0 Å². The van der Waals surface area contributed by atoms with Crippen molar-refractivity contribution < 1.29 is 0 Å². The fourth-order valence-electron chi connectivity index (χ4n) is 2.77. The summed E-state index contributed by atoms with van der Waals surface area (Å²) in [5.41, 5.74) is 3.82. The van der Waals surface area contributed by atoms with E-state index in [1.165, 1.54) is 27.5 Å². The summed E-state index contributed by atoms with van der Waals surface area (Å²) in [6.45, 7) is 2.13. The minimum absolute atomic E-state index is 0.184. The number of aryl methyl sites for hydroxylation is 1. The summed E-state index contributed by atoms with van der Waals surface area (Å²) in [6.07, 6.45) is 0. The molecule has 1 unspecified atom stereocenters. The Kier molecular flexibility index (Phi) is 4.09. The minimum atomic E-state index is 0.184. The average molecular weight is 340 g/mol. The van der Waals surface area contributed by atoms with E-state index in [1.54, 1.807) is 0 Å². The van der Waals surface area contributed by atoms with Crippen molar-refractivity contribution >= 4 is 26.7 Å². The van der Waals surface area contributed by atoms with Gasteiger partial charge in [-0.25, -0.2) is 0 Å². The maximum Gasteiger partial charge on any atom is 0.0585 e. The first kappa shape index (κ1) is 14.3. The number of nitrogens with one attached hydrogen (secondary N) is 1. The quantitative estimate of drug-likeness (QED) is 0.689. The zero-order valence-electron chi connectivity index (χ0n) is 12.2. The Balaban J connectivity index is 2.11. The highest BCUT2D eigenvalue weighted by Crippen LogP contribution is 2.30. The summed E-state index contributed by atoms with van der Waals surface area (Å²) in [5, 5.41) is 5.99. The zero-order chi connectivity index (χ0) is 14.8. The van der Waals surface area contributed by atoms with E-state index >= 15 is 0 Å². The summed E-state index contributed by atoms with van der Waals surface area (Å²) >= 11 is 3.68. The molecule has 0 aliphatic carbocycles.